The summed E-state index contributed by atoms with van der Waals surface area (Å²) >= 11 is 0. The summed E-state index contributed by atoms with van der Waals surface area (Å²) in [5.41, 5.74) is 2.14. The van der Waals surface area contributed by atoms with Crippen LogP contribution in [0, 0.1) is 17.0 Å². The van der Waals surface area contributed by atoms with Crippen molar-refractivity contribution in [3.05, 3.63) is 69.3 Å². The van der Waals surface area contributed by atoms with Gasteiger partial charge in [0, 0.05) is 12.1 Å². The molecule has 0 saturated carbocycles. The highest BCUT2D eigenvalue weighted by Gasteiger charge is 2.16. The summed E-state index contributed by atoms with van der Waals surface area (Å²) in [6.07, 6.45) is 0. The van der Waals surface area contributed by atoms with Crippen molar-refractivity contribution in [2.24, 2.45) is 0 Å². The Hall–Kier alpha value is -2.89. The number of para-hydroxylation sites is 1. The van der Waals surface area contributed by atoms with E-state index in [1.807, 2.05) is 0 Å². The molecule has 0 aliphatic rings. The first kappa shape index (κ1) is 14.5. The highest BCUT2D eigenvalue weighted by molar-refractivity contribution is 5.87. The van der Waals surface area contributed by atoms with Crippen LogP contribution in [0.2, 0.25) is 0 Å². The number of nitro benzene ring substituents is 1. The molecule has 0 radical (unpaired) electrons. The Labute approximate surface area is 121 Å². The van der Waals surface area contributed by atoms with Crippen molar-refractivity contribution in [3.8, 4) is 0 Å². The second-order valence-electron chi connectivity index (χ2n) is 4.58. The molecule has 0 unspecified atom stereocenters. The van der Waals surface area contributed by atoms with Crippen LogP contribution in [-0.2, 0) is 6.54 Å². The average Bonchev–Trinajstić information content (AvgIpc) is 2.45. The number of aromatic carboxylic acids is 1. The van der Waals surface area contributed by atoms with Crippen molar-refractivity contribution in [3.63, 3.8) is 0 Å². The fraction of sp³-hybridized carbons (Fsp3) is 0.133. The van der Waals surface area contributed by atoms with Gasteiger partial charge in [-0.15, -0.1) is 0 Å². The van der Waals surface area contributed by atoms with Crippen LogP contribution in [0.1, 0.15) is 21.5 Å². The van der Waals surface area contributed by atoms with Crippen molar-refractivity contribution in [1.82, 2.24) is 0 Å². The number of carbonyl (C=O) groups is 1. The molecule has 0 aliphatic heterocycles. The Morgan fingerprint density at radius 2 is 1.90 bits per heavy atom. The first-order valence-electron chi connectivity index (χ1n) is 6.29. The van der Waals surface area contributed by atoms with Gasteiger partial charge in [0.2, 0.25) is 0 Å². The van der Waals surface area contributed by atoms with E-state index in [2.05, 4.69) is 5.32 Å². The topological polar surface area (TPSA) is 92.5 Å². The molecule has 2 aromatic carbocycles. The molecule has 0 atom stereocenters. The van der Waals surface area contributed by atoms with Crippen LogP contribution in [0.5, 0.6) is 0 Å². The number of carboxylic acid groups (broad SMARTS) is 1. The van der Waals surface area contributed by atoms with Gasteiger partial charge in [-0.1, -0.05) is 24.3 Å². The second kappa shape index (κ2) is 6.04. The second-order valence-corrected chi connectivity index (χ2v) is 4.58. The van der Waals surface area contributed by atoms with E-state index in [-0.39, 0.29) is 11.3 Å². The molecule has 2 aromatic rings. The lowest BCUT2D eigenvalue weighted by molar-refractivity contribution is -0.384. The van der Waals surface area contributed by atoms with Crippen LogP contribution in [0.4, 0.5) is 11.4 Å². The van der Waals surface area contributed by atoms with Gasteiger partial charge in [0.25, 0.3) is 5.69 Å². The van der Waals surface area contributed by atoms with Gasteiger partial charge in [-0.05, 0) is 30.7 Å². The van der Waals surface area contributed by atoms with Crippen molar-refractivity contribution >= 4 is 17.3 Å². The molecule has 0 bridgehead atoms. The van der Waals surface area contributed by atoms with E-state index < -0.39 is 10.9 Å². The molecule has 21 heavy (non-hydrogen) atoms. The fourth-order valence-electron chi connectivity index (χ4n) is 2.01. The van der Waals surface area contributed by atoms with Crippen molar-refractivity contribution in [1.29, 1.82) is 0 Å². The number of benzene rings is 2. The summed E-state index contributed by atoms with van der Waals surface area (Å²) in [7, 11) is 0. The van der Waals surface area contributed by atoms with Gasteiger partial charge in [-0.2, -0.15) is 0 Å². The van der Waals surface area contributed by atoms with E-state index in [1.165, 1.54) is 12.1 Å². The number of nitrogens with one attached hydrogen (secondary N) is 1. The SMILES string of the molecule is Cc1cccc(NCc2ccc(C(=O)O)cc2)c1[N+](=O)[O-]. The zero-order valence-electron chi connectivity index (χ0n) is 11.4. The Kier molecular flexibility index (Phi) is 4.18. The van der Waals surface area contributed by atoms with Crippen LogP contribution in [-0.4, -0.2) is 16.0 Å². The Bertz CT molecular complexity index is 681. The predicted molar refractivity (Wildman–Crippen MR) is 78.6 cm³/mol. The minimum absolute atomic E-state index is 0.0552. The molecule has 2 N–H and O–H groups in total. The van der Waals surface area contributed by atoms with E-state index in [0.717, 1.165) is 5.56 Å². The van der Waals surface area contributed by atoms with Crippen molar-refractivity contribution in [2.75, 3.05) is 5.32 Å². The molecule has 0 spiro atoms. The molecule has 108 valence electrons. The predicted octanol–water partition coefficient (Wildman–Crippen LogP) is 3.21. The van der Waals surface area contributed by atoms with E-state index in [1.54, 1.807) is 37.3 Å². The molecule has 6 heteroatoms. The van der Waals surface area contributed by atoms with E-state index >= 15 is 0 Å². The molecular formula is C15H14N2O4. The van der Waals surface area contributed by atoms with Crippen LogP contribution < -0.4 is 5.32 Å². The molecule has 0 amide bonds. The van der Waals surface area contributed by atoms with Gasteiger partial charge in [0.05, 0.1) is 10.5 Å². The summed E-state index contributed by atoms with van der Waals surface area (Å²) in [6.45, 7) is 2.06. The first-order valence-corrected chi connectivity index (χ1v) is 6.29. The maximum atomic E-state index is 11.1. The average molecular weight is 286 g/mol. The lowest BCUT2D eigenvalue weighted by Gasteiger charge is -2.09. The maximum Gasteiger partial charge on any atom is 0.335 e. The van der Waals surface area contributed by atoms with E-state index in [4.69, 9.17) is 5.11 Å². The third-order valence-electron chi connectivity index (χ3n) is 3.10. The minimum Gasteiger partial charge on any atom is -0.478 e. The van der Waals surface area contributed by atoms with Gasteiger partial charge in [0.1, 0.15) is 5.69 Å². The number of carboxylic acids is 1. The van der Waals surface area contributed by atoms with Crippen LogP contribution >= 0.6 is 0 Å². The summed E-state index contributed by atoms with van der Waals surface area (Å²) in [5, 5.41) is 22.9. The number of hydrogen-bond donors (Lipinski definition) is 2. The molecule has 0 aliphatic carbocycles. The van der Waals surface area contributed by atoms with Crippen LogP contribution in [0.15, 0.2) is 42.5 Å². The third kappa shape index (κ3) is 3.36. The summed E-state index contributed by atoms with van der Waals surface area (Å²) < 4.78 is 0. The van der Waals surface area contributed by atoms with E-state index in [9.17, 15) is 14.9 Å². The standard InChI is InChI=1S/C15H14N2O4/c1-10-3-2-4-13(14(10)17(20)21)16-9-11-5-7-12(8-6-11)15(18)19/h2-8,16H,9H2,1H3,(H,18,19). The smallest absolute Gasteiger partial charge is 0.335 e. The molecule has 2 rings (SSSR count). The normalized spacial score (nSPS) is 10.1. The number of aryl methyl sites for hydroxylation is 1. The molecule has 6 nitrogen and oxygen atoms in total. The number of hydrogen-bond acceptors (Lipinski definition) is 4. The molecule has 0 aromatic heterocycles. The highest BCUT2D eigenvalue weighted by atomic mass is 16.6. The van der Waals surface area contributed by atoms with E-state index in [0.29, 0.717) is 17.8 Å². The van der Waals surface area contributed by atoms with Gasteiger partial charge >= 0.3 is 5.97 Å². The number of nitrogens with zero attached hydrogens (tertiary/aromatic N) is 1. The zero-order valence-corrected chi connectivity index (χ0v) is 11.4. The molecule has 0 heterocycles. The minimum atomic E-state index is -0.983. The molecular weight excluding hydrogens is 272 g/mol. The summed E-state index contributed by atoms with van der Waals surface area (Å²) in [4.78, 5) is 21.4. The maximum absolute atomic E-state index is 11.1. The lowest BCUT2D eigenvalue weighted by atomic mass is 10.1. The largest absolute Gasteiger partial charge is 0.478 e. The molecule has 0 saturated heterocycles. The Morgan fingerprint density at radius 1 is 1.24 bits per heavy atom. The van der Waals surface area contributed by atoms with Gasteiger partial charge in [0.15, 0.2) is 0 Å². The number of nitro groups is 1. The number of anilines is 1. The van der Waals surface area contributed by atoms with Crippen LogP contribution in [0.3, 0.4) is 0 Å². The molecule has 0 fully saturated rings. The lowest BCUT2D eigenvalue weighted by Crippen LogP contribution is -2.04. The van der Waals surface area contributed by atoms with Crippen molar-refractivity contribution < 1.29 is 14.8 Å². The monoisotopic (exact) mass is 286 g/mol. The summed E-state index contributed by atoms with van der Waals surface area (Å²) in [5.74, 6) is -0.983. The van der Waals surface area contributed by atoms with Crippen LogP contribution in [0.25, 0.3) is 0 Å². The number of rotatable bonds is 5. The van der Waals surface area contributed by atoms with Gasteiger partial charge < -0.3 is 10.4 Å². The summed E-state index contributed by atoms with van der Waals surface area (Å²) in [6, 6.07) is 11.4. The van der Waals surface area contributed by atoms with Crippen molar-refractivity contribution in [2.45, 2.75) is 13.5 Å². The Balaban J connectivity index is 2.15. The zero-order chi connectivity index (χ0) is 15.4. The van der Waals surface area contributed by atoms with Gasteiger partial charge in [-0.3, -0.25) is 10.1 Å². The van der Waals surface area contributed by atoms with Gasteiger partial charge in [-0.25, -0.2) is 4.79 Å². The highest BCUT2D eigenvalue weighted by Crippen LogP contribution is 2.28. The quantitative estimate of drug-likeness (QED) is 0.650. The third-order valence-corrected chi connectivity index (χ3v) is 3.10. The fourth-order valence-corrected chi connectivity index (χ4v) is 2.01. The Morgan fingerprint density at radius 3 is 2.48 bits per heavy atom. The first-order chi connectivity index (χ1) is 9.99.